The largest absolute Gasteiger partial charge is 0.383 e. The third kappa shape index (κ3) is 2.03. The van der Waals surface area contributed by atoms with Crippen molar-refractivity contribution < 1.29 is 14.3 Å². The molecule has 2 heterocycles. The van der Waals surface area contributed by atoms with Gasteiger partial charge in [0.2, 0.25) is 0 Å². The fraction of sp³-hybridized carbons (Fsp3) is 0.800. The summed E-state index contributed by atoms with van der Waals surface area (Å²) in [5.74, 6) is -0.760. The Morgan fingerprint density at radius 3 is 3.00 bits per heavy atom. The summed E-state index contributed by atoms with van der Waals surface area (Å²) in [7, 11) is 1.59. The molecule has 0 spiro atoms. The van der Waals surface area contributed by atoms with E-state index >= 15 is 0 Å². The molecule has 0 radical (unpaired) electrons. The number of methoxy groups -OCH3 is 1. The van der Waals surface area contributed by atoms with Gasteiger partial charge in [-0.2, -0.15) is 0 Å². The SMILES string of the molecule is COCCN1CC2CNCCN2C(=O)C1=O. The van der Waals surface area contributed by atoms with Crippen molar-refractivity contribution in [2.45, 2.75) is 6.04 Å². The van der Waals surface area contributed by atoms with Crippen LogP contribution in [-0.2, 0) is 14.3 Å². The van der Waals surface area contributed by atoms with Crippen LogP contribution in [0.4, 0.5) is 0 Å². The van der Waals surface area contributed by atoms with Crippen molar-refractivity contribution in [3.05, 3.63) is 0 Å². The molecular weight excluding hydrogens is 210 g/mol. The van der Waals surface area contributed by atoms with Crippen LogP contribution in [0.25, 0.3) is 0 Å². The Morgan fingerprint density at radius 1 is 1.44 bits per heavy atom. The van der Waals surface area contributed by atoms with Crippen LogP contribution in [0.2, 0.25) is 0 Å². The van der Waals surface area contributed by atoms with Crippen LogP contribution in [0, 0.1) is 0 Å². The summed E-state index contributed by atoms with van der Waals surface area (Å²) >= 11 is 0. The zero-order valence-electron chi connectivity index (χ0n) is 9.44. The minimum absolute atomic E-state index is 0.121. The van der Waals surface area contributed by atoms with Crippen molar-refractivity contribution in [2.75, 3.05) is 46.4 Å². The number of carbonyl (C=O) groups excluding carboxylic acids is 2. The quantitative estimate of drug-likeness (QED) is 0.582. The molecule has 1 atom stereocenters. The van der Waals surface area contributed by atoms with Crippen molar-refractivity contribution in [1.29, 1.82) is 0 Å². The van der Waals surface area contributed by atoms with E-state index in [9.17, 15) is 9.59 Å². The molecule has 6 heteroatoms. The fourth-order valence-electron chi connectivity index (χ4n) is 2.18. The maximum atomic E-state index is 11.8. The number of ether oxygens (including phenoxy) is 1. The molecule has 2 aliphatic heterocycles. The number of piperazine rings is 2. The lowest BCUT2D eigenvalue weighted by Gasteiger charge is -2.43. The van der Waals surface area contributed by atoms with Gasteiger partial charge >= 0.3 is 11.8 Å². The minimum Gasteiger partial charge on any atom is -0.383 e. The molecule has 0 aromatic rings. The zero-order chi connectivity index (χ0) is 11.5. The number of amides is 2. The van der Waals surface area contributed by atoms with Gasteiger partial charge in [0.25, 0.3) is 0 Å². The number of fused-ring (bicyclic) bond motifs is 1. The predicted octanol–water partition coefficient (Wildman–Crippen LogP) is -1.72. The Hall–Kier alpha value is -1.14. The van der Waals surface area contributed by atoms with Crippen LogP contribution in [0.15, 0.2) is 0 Å². The monoisotopic (exact) mass is 227 g/mol. The van der Waals surface area contributed by atoms with Gasteiger partial charge in [-0.15, -0.1) is 0 Å². The van der Waals surface area contributed by atoms with Crippen molar-refractivity contribution in [2.24, 2.45) is 0 Å². The van der Waals surface area contributed by atoms with E-state index in [1.54, 1.807) is 16.9 Å². The first kappa shape index (κ1) is 11.3. The third-order valence-electron chi connectivity index (χ3n) is 3.08. The highest BCUT2D eigenvalue weighted by Gasteiger charge is 2.39. The van der Waals surface area contributed by atoms with Gasteiger partial charge in [-0.1, -0.05) is 0 Å². The van der Waals surface area contributed by atoms with Crippen LogP contribution in [0.3, 0.4) is 0 Å². The number of rotatable bonds is 3. The van der Waals surface area contributed by atoms with Crippen LogP contribution in [0.1, 0.15) is 0 Å². The average Bonchev–Trinajstić information content (AvgIpc) is 2.32. The molecule has 1 unspecified atom stereocenters. The minimum atomic E-state index is -0.393. The van der Waals surface area contributed by atoms with Crippen LogP contribution in [-0.4, -0.2) is 74.1 Å². The van der Waals surface area contributed by atoms with Gasteiger partial charge in [-0.3, -0.25) is 9.59 Å². The van der Waals surface area contributed by atoms with E-state index < -0.39 is 5.91 Å². The molecule has 2 saturated heterocycles. The highest BCUT2D eigenvalue weighted by molar-refractivity contribution is 6.35. The first-order chi connectivity index (χ1) is 7.74. The highest BCUT2D eigenvalue weighted by Crippen LogP contribution is 2.13. The summed E-state index contributed by atoms with van der Waals surface area (Å²) in [6.45, 7) is 3.75. The summed E-state index contributed by atoms with van der Waals surface area (Å²) in [6, 6.07) is 0.121. The molecule has 90 valence electrons. The first-order valence-corrected chi connectivity index (χ1v) is 5.53. The van der Waals surface area contributed by atoms with Gasteiger partial charge < -0.3 is 19.9 Å². The first-order valence-electron chi connectivity index (χ1n) is 5.53. The van der Waals surface area contributed by atoms with Gasteiger partial charge in [0.1, 0.15) is 0 Å². The maximum Gasteiger partial charge on any atom is 0.312 e. The number of nitrogens with zero attached hydrogens (tertiary/aromatic N) is 2. The van der Waals surface area contributed by atoms with Crippen molar-refractivity contribution in [1.82, 2.24) is 15.1 Å². The number of hydrogen-bond acceptors (Lipinski definition) is 4. The second-order valence-corrected chi connectivity index (χ2v) is 4.10. The standard InChI is InChI=1S/C10H17N3O3/c1-16-5-4-12-7-8-6-11-2-3-13(8)10(15)9(12)14/h8,11H,2-7H2,1H3. The number of hydrogen-bond donors (Lipinski definition) is 1. The second-order valence-electron chi connectivity index (χ2n) is 4.10. The van der Waals surface area contributed by atoms with Gasteiger partial charge in [0.05, 0.1) is 12.6 Å². The zero-order valence-corrected chi connectivity index (χ0v) is 9.44. The molecule has 0 aliphatic carbocycles. The Morgan fingerprint density at radius 2 is 2.25 bits per heavy atom. The van der Waals surface area contributed by atoms with E-state index in [0.29, 0.717) is 26.2 Å². The fourth-order valence-corrected chi connectivity index (χ4v) is 2.18. The molecule has 16 heavy (non-hydrogen) atoms. The summed E-state index contributed by atoms with van der Waals surface area (Å²) < 4.78 is 4.93. The van der Waals surface area contributed by atoms with Gasteiger partial charge in [-0.05, 0) is 0 Å². The molecule has 0 saturated carbocycles. The molecule has 1 N–H and O–H groups in total. The predicted molar refractivity (Wildman–Crippen MR) is 56.8 cm³/mol. The summed E-state index contributed by atoms with van der Waals surface area (Å²) in [5, 5.41) is 3.23. The number of carbonyl (C=O) groups is 2. The van der Waals surface area contributed by atoms with Gasteiger partial charge in [-0.25, -0.2) is 0 Å². The Kier molecular flexibility index (Phi) is 3.40. The third-order valence-corrected chi connectivity index (χ3v) is 3.08. The van der Waals surface area contributed by atoms with Crippen LogP contribution in [0.5, 0.6) is 0 Å². The summed E-state index contributed by atoms with van der Waals surface area (Å²) in [4.78, 5) is 26.8. The average molecular weight is 227 g/mol. The molecule has 0 aromatic carbocycles. The van der Waals surface area contributed by atoms with Crippen molar-refractivity contribution in [3.8, 4) is 0 Å². The van der Waals surface area contributed by atoms with Crippen LogP contribution < -0.4 is 5.32 Å². The van der Waals surface area contributed by atoms with Crippen molar-refractivity contribution >= 4 is 11.8 Å². The Bertz CT molecular complexity index is 295. The highest BCUT2D eigenvalue weighted by atomic mass is 16.5. The Labute approximate surface area is 94.5 Å². The molecule has 2 aliphatic rings. The molecule has 2 amide bonds. The molecule has 6 nitrogen and oxygen atoms in total. The normalized spacial score (nSPS) is 25.9. The smallest absolute Gasteiger partial charge is 0.312 e. The van der Waals surface area contributed by atoms with Gasteiger partial charge in [0, 0.05) is 39.8 Å². The lowest BCUT2D eigenvalue weighted by atomic mass is 10.1. The molecule has 0 aromatic heterocycles. The molecule has 2 rings (SSSR count). The Balaban J connectivity index is 2.03. The summed E-state index contributed by atoms with van der Waals surface area (Å²) in [6.07, 6.45) is 0. The van der Waals surface area contributed by atoms with E-state index in [-0.39, 0.29) is 11.9 Å². The van der Waals surface area contributed by atoms with Crippen molar-refractivity contribution in [3.63, 3.8) is 0 Å². The van der Waals surface area contributed by atoms with E-state index in [4.69, 9.17) is 4.74 Å². The van der Waals surface area contributed by atoms with E-state index in [2.05, 4.69) is 5.32 Å². The maximum absolute atomic E-state index is 11.8. The molecule has 2 fully saturated rings. The topological polar surface area (TPSA) is 61.9 Å². The second kappa shape index (κ2) is 4.80. The lowest BCUT2D eigenvalue weighted by molar-refractivity contribution is -0.160. The summed E-state index contributed by atoms with van der Waals surface area (Å²) in [5.41, 5.74) is 0. The van der Waals surface area contributed by atoms with E-state index in [1.165, 1.54) is 0 Å². The molecular formula is C10H17N3O3. The lowest BCUT2D eigenvalue weighted by Crippen LogP contribution is -2.65. The molecule has 0 bridgehead atoms. The number of nitrogens with one attached hydrogen (secondary N) is 1. The van der Waals surface area contributed by atoms with E-state index in [1.807, 2.05) is 0 Å². The van der Waals surface area contributed by atoms with Crippen LogP contribution >= 0.6 is 0 Å². The van der Waals surface area contributed by atoms with E-state index in [0.717, 1.165) is 13.1 Å². The van der Waals surface area contributed by atoms with Gasteiger partial charge in [0.15, 0.2) is 0 Å².